The summed E-state index contributed by atoms with van der Waals surface area (Å²) in [6.45, 7) is 3.24. The molecule has 0 aromatic heterocycles. The molecule has 1 rings (SSSR count). The van der Waals surface area contributed by atoms with Crippen LogP contribution in [-0.4, -0.2) is 24.0 Å². The number of nitrogens with zero attached hydrogens (tertiary/aromatic N) is 1. The van der Waals surface area contributed by atoms with Crippen molar-refractivity contribution < 1.29 is 14.3 Å². The fourth-order valence-electron chi connectivity index (χ4n) is 1.67. The normalized spacial score (nSPS) is 10.4. The largest absolute Gasteiger partial charge is 0.484 e. The van der Waals surface area contributed by atoms with Gasteiger partial charge in [-0.25, -0.2) is 0 Å². The minimum atomic E-state index is -0.711. The van der Waals surface area contributed by atoms with Crippen LogP contribution >= 0.6 is 0 Å². The summed E-state index contributed by atoms with van der Waals surface area (Å²) in [7, 11) is 0. The first-order valence-corrected chi connectivity index (χ1v) is 6.05. The molecule has 20 heavy (non-hydrogen) atoms. The Kier molecular flexibility index (Phi) is 5.09. The van der Waals surface area contributed by atoms with Crippen molar-refractivity contribution >= 4 is 11.8 Å². The van der Waals surface area contributed by atoms with Crippen molar-refractivity contribution in [2.45, 2.75) is 25.8 Å². The van der Waals surface area contributed by atoms with Gasteiger partial charge in [-0.1, -0.05) is 0 Å². The van der Waals surface area contributed by atoms with Crippen LogP contribution in [0.15, 0.2) is 24.3 Å². The van der Waals surface area contributed by atoms with E-state index >= 15 is 0 Å². The van der Waals surface area contributed by atoms with Gasteiger partial charge in [0.25, 0.3) is 5.91 Å². The summed E-state index contributed by atoms with van der Waals surface area (Å²) in [5.41, 5.74) is 4.91. The second-order valence-electron chi connectivity index (χ2n) is 5.00. The Hall–Kier alpha value is -2.55. The molecule has 6 nitrogen and oxygen atoms in total. The molecule has 3 N–H and O–H groups in total. The molecule has 6 heteroatoms. The number of carbonyl (C=O) groups is 2. The number of nitriles is 1. The highest BCUT2D eigenvalue weighted by Gasteiger charge is 2.22. The van der Waals surface area contributed by atoms with E-state index in [4.69, 9.17) is 15.7 Å². The van der Waals surface area contributed by atoms with Crippen LogP contribution in [0.5, 0.6) is 5.75 Å². The SMILES string of the molecule is CC(C)(CC(N)=O)NC(=O)COc1ccc(C#N)cc1. The van der Waals surface area contributed by atoms with Gasteiger partial charge >= 0.3 is 0 Å². The number of nitrogens with one attached hydrogen (secondary N) is 1. The number of hydrogen-bond donors (Lipinski definition) is 2. The Morgan fingerprint density at radius 3 is 2.45 bits per heavy atom. The van der Waals surface area contributed by atoms with Crippen LogP contribution in [0.25, 0.3) is 0 Å². The number of nitrogens with two attached hydrogens (primary N) is 1. The maximum Gasteiger partial charge on any atom is 0.258 e. The topological polar surface area (TPSA) is 105 Å². The van der Waals surface area contributed by atoms with Gasteiger partial charge in [0.1, 0.15) is 5.75 Å². The molecule has 1 aromatic rings. The lowest BCUT2D eigenvalue weighted by molar-refractivity contribution is -0.125. The van der Waals surface area contributed by atoms with E-state index in [1.807, 2.05) is 6.07 Å². The summed E-state index contributed by atoms with van der Waals surface area (Å²) in [4.78, 5) is 22.5. The first-order chi connectivity index (χ1) is 9.32. The standard InChI is InChI=1S/C14H17N3O3/c1-14(2,7-12(16)18)17-13(19)9-20-11-5-3-10(8-15)4-6-11/h3-6H,7,9H2,1-2H3,(H2,16,18)(H,17,19). The van der Waals surface area contributed by atoms with Crippen molar-refractivity contribution in [3.05, 3.63) is 29.8 Å². The van der Waals surface area contributed by atoms with Crippen LogP contribution < -0.4 is 15.8 Å². The summed E-state index contributed by atoms with van der Waals surface area (Å²) in [5.74, 6) is -0.337. The Balaban J connectivity index is 2.47. The van der Waals surface area contributed by atoms with Crippen LogP contribution in [0.4, 0.5) is 0 Å². The molecule has 0 unspecified atom stereocenters. The first kappa shape index (κ1) is 15.5. The van der Waals surface area contributed by atoms with E-state index < -0.39 is 11.4 Å². The Bertz CT molecular complexity index is 530. The number of ether oxygens (including phenoxy) is 1. The van der Waals surface area contributed by atoms with Gasteiger partial charge in [-0.2, -0.15) is 5.26 Å². The molecule has 2 amide bonds. The molecule has 0 bridgehead atoms. The fourth-order valence-corrected chi connectivity index (χ4v) is 1.67. The average Bonchev–Trinajstić information content (AvgIpc) is 2.34. The molecule has 0 atom stereocenters. The third-order valence-corrected chi connectivity index (χ3v) is 2.45. The number of amides is 2. The summed E-state index contributed by atoms with van der Waals surface area (Å²) >= 11 is 0. The van der Waals surface area contributed by atoms with E-state index in [2.05, 4.69) is 5.32 Å². The molecular formula is C14H17N3O3. The zero-order valence-corrected chi connectivity index (χ0v) is 11.5. The van der Waals surface area contributed by atoms with Crippen molar-refractivity contribution in [3.8, 4) is 11.8 Å². The van der Waals surface area contributed by atoms with Gasteiger partial charge in [-0.15, -0.1) is 0 Å². The number of carbonyl (C=O) groups excluding carboxylic acids is 2. The lowest BCUT2D eigenvalue weighted by Crippen LogP contribution is -2.47. The fraction of sp³-hybridized carbons (Fsp3) is 0.357. The molecule has 0 radical (unpaired) electrons. The zero-order valence-electron chi connectivity index (χ0n) is 11.5. The molecule has 0 aliphatic heterocycles. The van der Waals surface area contributed by atoms with Crippen molar-refractivity contribution in [2.24, 2.45) is 5.73 Å². The van der Waals surface area contributed by atoms with Gasteiger partial charge in [0.15, 0.2) is 6.61 Å². The Morgan fingerprint density at radius 2 is 1.95 bits per heavy atom. The van der Waals surface area contributed by atoms with Gasteiger partial charge in [0.05, 0.1) is 11.6 Å². The molecule has 0 aliphatic carbocycles. The number of rotatable bonds is 6. The van der Waals surface area contributed by atoms with E-state index in [0.29, 0.717) is 11.3 Å². The summed E-state index contributed by atoms with van der Waals surface area (Å²) in [5, 5.41) is 11.3. The summed E-state index contributed by atoms with van der Waals surface area (Å²) < 4.78 is 5.28. The molecular weight excluding hydrogens is 258 g/mol. The zero-order chi connectivity index (χ0) is 15.2. The maximum absolute atomic E-state index is 11.7. The average molecular weight is 275 g/mol. The Morgan fingerprint density at radius 1 is 1.35 bits per heavy atom. The monoisotopic (exact) mass is 275 g/mol. The number of hydrogen-bond acceptors (Lipinski definition) is 4. The smallest absolute Gasteiger partial charge is 0.258 e. The van der Waals surface area contributed by atoms with Crippen molar-refractivity contribution in [3.63, 3.8) is 0 Å². The summed E-state index contributed by atoms with van der Waals surface area (Å²) in [6, 6.07) is 8.42. The van der Waals surface area contributed by atoms with Crippen LogP contribution in [0.1, 0.15) is 25.8 Å². The molecule has 1 aromatic carbocycles. The molecule has 0 saturated heterocycles. The molecule has 0 spiro atoms. The second-order valence-corrected chi connectivity index (χ2v) is 5.00. The minimum Gasteiger partial charge on any atom is -0.484 e. The van der Waals surface area contributed by atoms with Gasteiger partial charge in [-0.3, -0.25) is 9.59 Å². The van der Waals surface area contributed by atoms with E-state index in [-0.39, 0.29) is 18.9 Å². The van der Waals surface area contributed by atoms with Crippen LogP contribution in [-0.2, 0) is 9.59 Å². The highest BCUT2D eigenvalue weighted by Crippen LogP contribution is 2.12. The first-order valence-electron chi connectivity index (χ1n) is 6.05. The quantitative estimate of drug-likeness (QED) is 0.797. The number of benzene rings is 1. The predicted octanol–water partition coefficient (Wildman–Crippen LogP) is 0.707. The molecule has 0 saturated carbocycles. The van der Waals surface area contributed by atoms with Gasteiger partial charge in [0.2, 0.25) is 5.91 Å². The third-order valence-electron chi connectivity index (χ3n) is 2.45. The van der Waals surface area contributed by atoms with Crippen LogP contribution in [0, 0.1) is 11.3 Å². The summed E-state index contributed by atoms with van der Waals surface area (Å²) in [6.07, 6.45) is 0.0512. The van der Waals surface area contributed by atoms with Gasteiger partial charge in [0, 0.05) is 12.0 Å². The highest BCUT2D eigenvalue weighted by atomic mass is 16.5. The van der Waals surface area contributed by atoms with Crippen molar-refractivity contribution in [1.82, 2.24) is 5.32 Å². The van der Waals surface area contributed by atoms with Crippen molar-refractivity contribution in [1.29, 1.82) is 5.26 Å². The van der Waals surface area contributed by atoms with Crippen LogP contribution in [0.2, 0.25) is 0 Å². The maximum atomic E-state index is 11.7. The molecule has 0 fully saturated rings. The van der Waals surface area contributed by atoms with E-state index in [1.165, 1.54) is 0 Å². The lowest BCUT2D eigenvalue weighted by Gasteiger charge is -2.24. The van der Waals surface area contributed by atoms with E-state index in [0.717, 1.165) is 0 Å². The predicted molar refractivity (Wildman–Crippen MR) is 72.7 cm³/mol. The molecule has 0 heterocycles. The lowest BCUT2D eigenvalue weighted by atomic mass is 10.0. The third kappa shape index (κ3) is 5.40. The van der Waals surface area contributed by atoms with Gasteiger partial charge < -0.3 is 15.8 Å². The van der Waals surface area contributed by atoms with Crippen molar-refractivity contribution in [2.75, 3.05) is 6.61 Å². The Labute approximate surface area is 117 Å². The van der Waals surface area contributed by atoms with E-state index in [1.54, 1.807) is 38.1 Å². The van der Waals surface area contributed by atoms with Gasteiger partial charge in [-0.05, 0) is 38.1 Å². The van der Waals surface area contributed by atoms with E-state index in [9.17, 15) is 9.59 Å². The molecule has 0 aliphatic rings. The second kappa shape index (κ2) is 6.57. The highest BCUT2D eigenvalue weighted by molar-refractivity contribution is 5.80. The number of primary amides is 1. The van der Waals surface area contributed by atoms with Crippen LogP contribution in [0.3, 0.4) is 0 Å². The molecule has 106 valence electrons. The minimum absolute atomic E-state index is 0.0512.